The molecule has 0 aromatic carbocycles. The monoisotopic (exact) mass is 433 g/mol. The van der Waals surface area contributed by atoms with Gasteiger partial charge in [-0.1, -0.05) is 6.92 Å². The first-order valence-electron chi connectivity index (χ1n) is 11.4. The summed E-state index contributed by atoms with van der Waals surface area (Å²) in [6.45, 7) is 7.52. The molecule has 4 aliphatic rings. The maximum absolute atomic E-state index is 13.2. The molecule has 1 amide bonds. The van der Waals surface area contributed by atoms with Gasteiger partial charge in [-0.2, -0.15) is 5.10 Å². The molecule has 4 aliphatic heterocycles. The number of methoxy groups -OCH3 is 2. The Balaban J connectivity index is 1.45. The second-order valence-corrected chi connectivity index (χ2v) is 8.91. The van der Waals surface area contributed by atoms with Crippen LogP contribution in [0, 0.1) is 17.8 Å². The standard InChI is InChI=1S/C22H35N5O4/c1-5-26-12-16(11-24-26)27-13-18-20(22(27)28)14(2)8-17(25-18)15-9-19(30-4)21(23-10-15)31-7-6-29-3/h10-11,14-17,19-21H,5-9,12-13H2,1-4H3. The fraction of sp³-hybridized carbons (Fsp3) is 0.818. The number of carbonyl (C=O) groups excluding carboxylic acids is 1. The summed E-state index contributed by atoms with van der Waals surface area (Å²) in [6, 6.07) is 0.172. The molecule has 4 rings (SSSR count). The molecule has 31 heavy (non-hydrogen) atoms. The van der Waals surface area contributed by atoms with Gasteiger partial charge in [0, 0.05) is 44.8 Å². The molecule has 4 heterocycles. The fourth-order valence-corrected chi connectivity index (χ4v) is 5.18. The number of hydrazone groups is 1. The van der Waals surface area contributed by atoms with Crippen molar-refractivity contribution in [1.29, 1.82) is 0 Å². The summed E-state index contributed by atoms with van der Waals surface area (Å²) in [6.07, 6.45) is 5.19. The molecule has 1 saturated heterocycles. The number of hydrogen-bond acceptors (Lipinski definition) is 8. The number of likely N-dealkylation sites (N-methyl/N-ethyl adjacent to an activating group) is 1. The summed E-state index contributed by atoms with van der Waals surface area (Å²) in [5.41, 5.74) is 1.03. The Labute approximate surface area is 184 Å². The average molecular weight is 434 g/mol. The van der Waals surface area contributed by atoms with E-state index in [1.54, 1.807) is 14.2 Å². The molecule has 0 aliphatic carbocycles. The maximum atomic E-state index is 13.2. The van der Waals surface area contributed by atoms with Crippen molar-refractivity contribution >= 4 is 24.0 Å². The van der Waals surface area contributed by atoms with Crippen LogP contribution in [0.2, 0.25) is 0 Å². The van der Waals surface area contributed by atoms with E-state index in [0.717, 1.165) is 31.6 Å². The van der Waals surface area contributed by atoms with Crippen LogP contribution in [0.4, 0.5) is 0 Å². The molecule has 9 nitrogen and oxygen atoms in total. The van der Waals surface area contributed by atoms with Crippen LogP contribution in [-0.2, 0) is 19.0 Å². The molecule has 0 N–H and O–H groups in total. The van der Waals surface area contributed by atoms with Gasteiger partial charge in [-0.3, -0.25) is 19.8 Å². The molecule has 0 saturated carbocycles. The van der Waals surface area contributed by atoms with Gasteiger partial charge in [0.25, 0.3) is 0 Å². The van der Waals surface area contributed by atoms with Crippen LogP contribution in [0.15, 0.2) is 15.1 Å². The quantitative estimate of drug-likeness (QED) is 0.535. The Morgan fingerprint density at radius 3 is 2.74 bits per heavy atom. The molecule has 7 unspecified atom stereocenters. The number of carbonyl (C=O) groups is 1. The zero-order valence-corrected chi connectivity index (χ0v) is 19.0. The minimum Gasteiger partial charge on any atom is -0.382 e. The molecule has 0 aromatic rings. The predicted molar refractivity (Wildman–Crippen MR) is 119 cm³/mol. The summed E-state index contributed by atoms with van der Waals surface area (Å²) < 4.78 is 16.5. The van der Waals surface area contributed by atoms with Gasteiger partial charge in [0.2, 0.25) is 5.91 Å². The Bertz CT molecular complexity index is 741. The molecule has 172 valence electrons. The van der Waals surface area contributed by atoms with Crippen molar-refractivity contribution in [3.63, 3.8) is 0 Å². The summed E-state index contributed by atoms with van der Waals surface area (Å²) in [5, 5.41) is 6.42. The average Bonchev–Trinajstić information content (AvgIpc) is 3.38. The smallest absolute Gasteiger partial charge is 0.232 e. The van der Waals surface area contributed by atoms with Gasteiger partial charge >= 0.3 is 0 Å². The molecule has 1 fully saturated rings. The molecule has 9 heteroatoms. The first kappa shape index (κ1) is 22.4. The Kier molecular flexibility index (Phi) is 7.03. The normalized spacial score (nSPS) is 37.5. The zero-order valence-electron chi connectivity index (χ0n) is 19.0. The molecule has 0 bridgehead atoms. The lowest BCUT2D eigenvalue weighted by molar-refractivity contribution is -0.132. The Hall–Kier alpha value is -1.84. The lowest BCUT2D eigenvalue weighted by Crippen LogP contribution is -2.43. The zero-order chi connectivity index (χ0) is 22.0. The van der Waals surface area contributed by atoms with E-state index >= 15 is 0 Å². The van der Waals surface area contributed by atoms with E-state index < -0.39 is 0 Å². The van der Waals surface area contributed by atoms with Crippen LogP contribution in [0.5, 0.6) is 0 Å². The van der Waals surface area contributed by atoms with Crippen molar-refractivity contribution in [2.75, 3.05) is 47.1 Å². The van der Waals surface area contributed by atoms with Gasteiger partial charge in [-0.05, 0) is 25.7 Å². The second kappa shape index (κ2) is 9.75. The number of rotatable bonds is 8. The van der Waals surface area contributed by atoms with Gasteiger partial charge in [-0.25, -0.2) is 0 Å². The highest BCUT2D eigenvalue weighted by molar-refractivity contribution is 6.12. The molecular formula is C22H35N5O4. The number of fused-ring (bicyclic) bond motifs is 1. The summed E-state index contributed by atoms with van der Waals surface area (Å²) in [4.78, 5) is 24.9. The third-order valence-electron chi connectivity index (χ3n) is 6.94. The lowest BCUT2D eigenvalue weighted by Gasteiger charge is -2.36. The summed E-state index contributed by atoms with van der Waals surface area (Å²) in [7, 11) is 3.36. The molecular weight excluding hydrogens is 398 g/mol. The van der Waals surface area contributed by atoms with E-state index in [-0.39, 0.29) is 48.1 Å². The molecule has 7 atom stereocenters. The highest BCUT2D eigenvalue weighted by Crippen LogP contribution is 2.37. The van der Waals surface area contributed by atoms with Crippen LogP contribution in [0.1, 0.15) is 26.7 Å². The van der Waals surface area contributed by atoms with Gasteiger partial charge in [-0.15, -0.1) is 0 Å². The number of ether oxygens (including phenoxy) is 3. The SMILES string of the molecule is CCN1CC(N2CC3=NC(C4C=NC(OCCOC)C(OC)C4)CC(C)C3C2=O)C=N1. The maximum Gasteiger partial charge on any atom is 0.232 e. The Morgan fingerprint density at radius 1 is 1.19 bits per heavy atom. The number of aliphatic imine (C=N–C) groups is 2. The highest BCUT2D eigenvalue weighted by atomic mass is 16.6. The van der Waals surface area contributed by atoms with E-state index in [9.17, 15) is 4.79 Å². The molecule has 0 spiro atoms. The van der Waals surface area contributed by atoms with E-state index in [4.69, 9.17) is 19.2 Å². The van der Waals surface area contributed by atoms with E-state index in [2.05, 4.69) is 23.9 Å². The van der Waals surface area contributed by atoms with Crippen molar-refractivity contribution in [2.45, 2.75) is 51.1 Å². The third-order valence-corrected chi connectivity index (χ3v) is 6.94. The molecule has 0 aromatic heterocycles. The summed E-state index contributed by atoms with van der Waals surface area (Å²) in [5.74, 6) is 0.568. The van der Waals surface area contributed by atoms with Crippen molar-refractivity contribution in [2.24, 2.45) is 32.8 Å². The first-order valence-corrected chi connectivity index (χ1v) is 11.4. The summed E-state index contributed by atoms with van der Waals surface area (Å²) >= 11 is 0. The van der Waals surface area contributed by atoms with Crippen LogP contribution < -0.4 is 0 Å². The topological polar surface area (TPSA) is 88.3 Å². The predicted octanol–water partition coefficient (Wildman–Crippen LogP) is 1.08. The first-order chi connectivity index (χ1) is 15.0. The fourth-order valence-electron chi connectivity index (χ4n) is 5.18. The van der Waals surface area contributed by atoms with Crippen LogP contribution in [0.25, 0.3) is 0 Å². The van der Waals surface area contributed by atoms with E-state index in [1.165, 1.54) is 0 Å². The Morgan fingerprint density at radius 2 is 2.03 bits per heavy atom. The number of hydrogen-bond donors (Lipinski definition) is 0. The van der Waals surface area contributed by atoms with Crippen LogP contribution >= 0.6 is 0 Å². The number of likely N-dealkylation sites (tertiary alicyclic amines) is 1. The van der Waals surface area contributed by atoms with E-state index in [0.29, 0.717) is 19.8 Å². The van der Waals surface area contributed by atoms with E-state index in [1.807, 2.05) is 22.3 Å². The van der Waals surface area contributed by atoms with Crippen LogP contribution in [0.3, 0.4) is 0 Å². The van der Waals surface area contributed by atoms with Crippen LogP contribution in [-0.4, -0.2) is 105 Å². The van der Waals surface area contributed by atoms with Crippen molar-refractivity contribution < 1.29 is 19.0 Å². The van der Waals surface area contributed by atoms with Gasteiger partial charge < -0.3 is 19.1 Å². The minimum atomic E-state index is -0.301. The number of nitrogens with zero attached hydrogens (tertiary/aromatic N) is 5. The van der Waals surface area contributed by atoms with Gasteiger partial charge in [0.05, 0.1) is 44.3 Å². The number of amides is 1. The third kappa shape index (κ3) is 4.54. The van der Waals surface area contributed by atoms with Gasteiger partial charge in [0.15, 0.2) is 6.23 Å². The van der Waals surface area contributed by atoms with Crippen molar-refractivity contribution in [3.05, 3.63) is 0 Å². The second-order valence-electron chi connectivity index (χ2n) is 8.91. The van der Waals surface area contributed by atoms with Crippen molar-refractivity contribution in [1.82, 2.24) is 9.91 Å². The highest BCUT2D eigenvalue weighted by Gasteiger charge is 2.48. The van der Waals surface area contributed by atoms with Crippen molar-refractivity contribution in [3.8, 4) is 0 Å². The van der Waals surface area contributed by atoms with Gasteiger partial charge in [0.1, 0.15) is 6.10 Å². The lowest BCUT2D eigenvalue weighted by atomic mass is 9.78. The largest absolute Gasteiger partial charge is 0.382 e. The minimum absolute atomic E-state index is 0.0468. The molecule has 0 radical (unpaired) electrons.